The third kappa shape index (κ3) is 4.66. The maximum atomic E-state index is 3.56. The molecule has 1 N–H and O–H groups in total. The fraction of sp³-hybridized carbons (Fsp3) is 0.667. The molecular weight excluding hydrogens is 270 g/mol. The van der Waals surface area contributed by atoms with Crippen molar-refractivity contribution in [3.63, 3.8) is 0 Å². The van der Waals surface area contributed by atoms with Crippen molar-refractivity contribution in [3.8, 4) is 0 Å². The van der Waals surface area contributed by atoms with Crippen molar-refractivity contribution in [2.75, 3.05) is 6.54 Å². The number of hydrogen-bond acceptors (Lipinski definition) is 2. The highest BCUT2D eigenvalue weighted by atomic mass is 79.9. The van der Waals surface area contributed by atoms with Gasteiger partial charge in [-0.3, -0.25) is 0 Å². The van der Waals surface area contributed by atoms with Crippen LogP contribution < -0.4 is 5.32 Å². The van der Waals surface area contributed by atoms with Gasteiger partial charge < -0.3 is 5.32 Å². The van der Waals surface area contributed by atoms with E-state index in [1.165, 1.54) is 34.3 Å². The van der Waals surface area contributed by atoms with E-state index in [0.29, 0.717) is 6.04 Å². The van der Waals surface area contributed by atoms with Gasteiger partial charge in [-0.05, 0) is 41.0 Å². The van der Waals surface area contributed by atoms with Crippen molar-refractivity contribution in [2.45, 2.75) is 45.6 Å². The third-order valence-electron chi connectivity index (χ3n) is 2.48. The highest BCUT2D eigenvalue weighted by Gasteiger charge is 2.11. The van der Waals surface area contributed by atoms with Crippen molar-refractivity contribution in [3.05, 3.63) is 20.8 Å². The summed E-state index contributed by atoms with van der Waals surface area (Å²) >= 11 is 5.37. The van der Waals surface area contributed by atoms with Gasteiger partial charge in [0.05, 0.1) is 3.79 Å². The molecular formula is C12H20BrNS. The van der Waals surface area contributed by atoms with Crippen LogP contribution in [0.5, 0.6) is 0 Å². The molecule has 1 rings (SSSR count). The lowest BCUT2D eigenvalue weighted by atomic mass is 10.1. The molecule has 1 aromatic heterocycles. The number of unbranched alkanes of at least 4 members (excludes halogenated alkanes) is 2. The van der Waals surface area contributed by atoms with Gasteiger partial charge in [0.2, 0.25) is 0 Å². The second-order valence-electron chi connectivity index (χ2n) is 3.75. The second kappa shape index (κ2) is 7.42. The molecule has 3 heteroatoms. The van der Waals surface area contributed by atoms with E-state index in [9.17, 15) is 0 Å². The first-order valence-electron chi connectivity index (χ1n) is 5.76. The van der Waals surface area contributed by atoms with Crippen LogP contribution in [0.25, 0.3) is 0 Å². The molecule has 0 aromatic carbocycles. The Morgan fingerprint density at radius 1 is 1.33 bits per heavy atom. The van der Waals surface area contributed by atoms with Crippen molar-refractivity contribution >= 4 is 27.3 Å². The summed E-state index contributed by atoms with van der Waals surface area (Å²) < 4.78 is 1.23. The quantitative estimate of drug-likeness (QED) is 0.715. The molecule has 1 heterocycles. The molecule has 0 saturated heterocycles. The average molecular weight is 290 g/mol. The Morgan fingerprint density at radius 3 is 2.67 bits per heavy atom. The largest absolute Gasteiger partial charge is 0.310 e. The zero-order chi connectivity index (χ0) is 11.1. The van der Waals surface area contributed by atoms with Crippen molar-refractivity contribution < 1.29 is 0 Å². The van der Waals surface area contributed by atoms with Crippen LogP contribution in [0, 0.1) is 0 Å². The molecule has 0 spiro atoms. The highest BCUT2D eigenvalue weighted by molar-refractivity contribution is 9.11. The molecule has 0 aliphatic heterocycles. The third-order valence-corrected chi connectivity index (χ3v) is 4.22. The lowest BCUT2D eigenvalue weighted by molar-refractivity contribution is 0.493. The Balaban J connectivity index is 2.49. The SMILES string of the molecule is CCCCCC(NCC)c1ccc(Br)s1. The zero-order valence-electron chi connectivity index (χ0n) is 9.55. The van der Waals surface area contributed by atoms with Crippen LogP contribution in [0.1, 0.15) is 50.4 Å². The fourth-order valence-corrected chi connectivity index (χ4v) is 3.24. The van der Waals surface area contributed by atoms with E-state index in [1.54, 1.807) is 0 Å². The van der Waals surface area contributed by atoms with Crippen LogP contribution in [0.2, 0.25) is 0 Å². The van der Waals surface area contributed by atoms with Crippen molar-refractivity contribution in [1.29, 1.82) is 0 Å². The summed E-state index contributed by atoms with van der Waals surface area (Å²) in [6.45, 7) is 5.48. The molecule has 86 valence electrons. The molecule has 1 unspecified atom stereocenters. The topological polar surface area (TPSA) is 12.0 Å². The first-order valence-corrected chi connectivity index (χ1v) is 7.37. The van der Waals surface area contributed by atoms with Gasteiger partial charge in [0.15, 0.2) is 0 Å². The Labute approximate surface area is 105 Å². The maximum Gasteiger partial charge on any atom is 0.0701 e. The van der Waals surface area contributed by atoms with E-state index in [0.717, 1.165) is 6.54 Å². The van der Waals surface area contributed by atoms with Gasteiger partial charge >= 0.3 is 0 Å². The number of halogens is 1. The van der Waals surface area contributed by atoms with Gasteiger partial charge in [0.25, 0.3) is 0 Å². The monoisotopic (exact) mass is 289 g/mol. The minimum Gasteiger partial charge on any atom is -0.310 e. The van der Waals surface area contributed by atoms with Crippen LogP contribution in [0.3, 0.4) is 0 Å². The van der Waals surface area contributed by atoms with Crippen LogP contribution in [0.15, 0.2) is 15.9 Å². The Hall–Kier alpha value is 0.140. The summed E-state index contributed by atoms with van der Waals surface area (Å²) in [7, 11) is 0. The first kappa shape index (κ1) is 13.2. The minimum atomic E-state index is 0.554. The van der Waals surface area contributed by atoms with Crippen molar-refractivity contribution in [2.24, 2.45) is 0 Å². The first-order chi connectivity index (χ1) is 7.27. The van der Waals surface area contributed by atoms with Crippen LogP contribution in [-0.4, -0.2) is 6.54 Å². The summed E-state index contributed by atoms with van der Waals surface area (Å²) in [5.41, 5.74) is 0. The molecule has 1 atom stereocenters. The molecule has 15 heavy (non-hydrogen) atoms. The zero-order valence-corrected chi connectivity index (χ0v) is 12.0. The molecule has 0 saturated carbocycles. The van der Waals surface area contributed by atoms with E-state index in [2.05, 4.69) is 47.2 Å². The Kier molecular flexibility index (Phi) is 6.53. The standard InChI is InChI=1S/C12H20BrNS/c1-3-5-6-7-10(14-4-2)11-8-9-12(13)15-11/h8-10,14H,3-7H2,1-2H3. The van der Waals surface area contributed by atoms with Crippen LogP contribution in [0.4, 0.5) is 0 Å². The van der Waals surface area contributed by atoms with Crippen LogP contribution >= 0.6 is 27.3 Å². The van der Waals surface area contributed by atoms with E-state index < -0.39 is 0 Å². The van der Waals surface area contributed by atoms with E-state index in [1.807, 2.05) is 11.3 Å². The predicted octanol–water partition coefficient (Wildman–Crippen LogP) is 4.74. The molecule has 1 aromatic rings. The maximum absolute atomic E-state index is 3.56. The van der Waals surface area contributed by atoms with Gasteiger partial charge in [-0.25, -0.2) is 0 Å². The Bertz CT molecular complexity index is 272. The lowest BCUT2D eigenvalue weighted by Gasteiger charge is -2.15. The Morgan fingerprint density at radius 2 is 2.13 bits per heavy atom. The average Bonchev–Trinajstić information content (AvgIpc) is 2.64. The molecule has 0 amide bonds. The number of thiophene rings is 1. The van der Waals surface area contributed by atoms with E-state index in [4.69, 9.17) is 0 Å². The molecule has 1 nitrogen and oxygen atoms in total. The summed E-state index contributed by atoms with van der Waals surface area (Å²) in [6.07, 6.45) is 5.22. The number of nitrogens with one attached hydrogen (secondary N) is 1. The summed E-state index contributed by atoms with van der Waals surface area (Å²) in [6, 6.07) is 4.93. The van der Waals surface area contributed by atoms with Crippen molar-refractivity contribution in [1.82, 2.24) is 5.32 Å². The number of hydrogen-bond donors (Lipinski definition) is 1. The molecule has 0 fully saturated rings. The molecule has 0 aliphatic rings. The molecule has 0 radical (unpaired) electrons. The number of rotatable bonds is 7. The smallest absolute Gasteiger partial charge is 0.0701 e. The summed E-state index contributed by atoms with van der Waals surface area (Å²) in [5, 5.41) is 3.56. The fourth-order valence-electron chi connectivity index (χ4n) is 1.71. The highest BCUT2D eigenvalue weighted by Crippen LogP contribution is 2.30. The van der Waals surface area contributed by atoms with Crippen LogP contribution in [-0.2, 0) is 0 Å². The van der Waals surface area contributed by atoms with Gasteiger partial charge in [-0.1, -0.05) is 33.1 Å². The second-order valence-corrected chi connectivity index (χ2v) is 6.24. The van der Waals surface area contributed by atoms with Gasteiger partial charge in [-0.15, -0.1) is 11.3 Å². The van der Waals surface area contributed by atoms with E-state index >= 15 is 0 Å². The predicted molar refractivity (Wildman–Crippen MR) is 72.6 cm³/mol. The normalized spacial score (nSPS) is 13.0. The summed E-state index contributed by atoms with van der Waals surface area (Å²) in [4.78, 5) is 1.46. The molecule has 0 bridgehead atoms. The summed E-state index contributed by atoms with van der Waals surface area (Å²) in [5.74, 6) is 0. The van der Waals surface area contributed by atoms with Gasteiger partial charge in [0.1, 0.15) is 0 Å². The lowest BCUT2D eigenvalue weighted by Crippen LogP contribution is -2.19. The van der Waals surface area contributed by atoms with E-state index in [-0.39, 0.29) is 0 Å². The van der Waals surface area contributed by atoms with Gasteiger partial charge in [0, 0.05) is 10.9 Å². The molecule has 0 aliphatic carbocycles. The van der Waals surface area contributed by atoms with Gasteiger partial charge in [-0.2, -0.15) is 0 Å². The minimum absolute atomic E-state index is 0.554.